The molecule has 0 bridgehead atoms. The lowest BCUT2D eigenvalue weighted by Gasteiger charge is -2.25. The predicted molar refractivity (Wildman–Crippen MR) is 105 cm³/mol. The van der Waals surface area contributed by atoms with Crippen LogP contribution in [-0.2, 0) is 12.8 Å². The fourth-order valence-corrected chi connectivity index (χ4v) is 3.95. The Bertz CT molecular complexity index is 735. The molecular weight excluding hydrogens is 342 g/mol. The first-order valence-corrected chi connectivity index (χ1v) is 10.4. The molecule has 0 aliphatic heterocycles. The van der Waals surface area contributed by atoms with Crippen LogP contribution in [0.3, 0.4) is 0 Å². The Balaban J connectivity index is 1.64. The van der Waals surface area contributed by atoms with Crippen molar-refractivity contribution in [1.82, 2.24) is 10.2 Å². The molecule has 3 rings (SSSR count). The number of halogens is 2. The van der Waals surface area contributed by atoms with Crippen molar-refractivity contribution in [3.05, 3.63) is 47.2 Å². The Labute approximate surface area is 161 Å². The molecule has 1 aliphatic carbocycles. The number of benzene rings is 1. The first kappa shape index (κ1) is 19.9. The van der Waals surface area contributed by atoms with Gasteiger partial charge in [0.2, 0.25) is 0 Å². The van der Waals surface area contributed by atoms with E-state index in [2.05, 4.69) is 17.1 Å². The lowest BCUT2D eigenvalue weighted by Crippen LogP contribution is -2.13. The van der Waals surface area contributed by atoms with Gasteiger partial charge in [-0.15, -0.1) is 0 Å². The number of aryl methyl sites for hydroxylation is 2. The first-order chi connectivity index (χ1) is 13.1. The van der Waals surface area contributed by atoms with Gasteiger partial charge in [-0.05, 0) is 61.3 Å². The molecule has 0 amide bonds. The summed E-state index contributed by atoms with van der Waals surface area (Å²) in [5.41, 5.74) is 1.94. The summed E-state index contributed by atoms with van der Waals surface area (Å²) < 4.78 is 28.7. The molecule has 0 saturated heterocycles. The standard InChI is InChI=1S/C23H30F2N2/c1-3-4-5-18-11-14-20(23(25)22(18)24)21-15-13-19(26-27-21)12-10-17-8-6-16(2)7-9-17/h11,13-17H,3-10,12H2,1-2H3. The van der Waals surface area contributed by atoms with Gasteiger partial charge in [0.25, 0.3) is 0 Å². The Morgan fingerprint density at radius 2 is 1.70 bits per heavy atom. The summed E-state index contributed by atoms with van der Waals surface area (Å²) in [6.45, 7) is 4.37. The van der Waals surface area contributed by atoms with E-state index in [0.29, 0.717) is 17.7 Å². The second kappa shape index (κ2) is 9.38. The van der Waals surface area contributed by atoms with Crippen molar-refractivity contribution in [3.63, 3.8) is 0 Å². The van der Waals surface area contributed by atoms with Gasteiger partial charge in [-0.25, -0.2) is 8.78 Å². The normalized spacial score (nSPS) is 20.0. The van der Waals surface area contributed by atoms with Crippen molar-refractivity contribution in [1.29, 1.82) is 0 Å². The highest BCUT2D eigenvalue weighted by Crippen LogP contribution is 2.31. The molecular formula is C23H30F2N2. The van der Waals surface area contributed by atoms with Crippen molar-refractivity contribution < 1.29 is 8.78 Å². The molecule has 1 aromatic heterocycles. The number of rotatable bonds is 7. The van der Waals surface area contributed by atoms with E-state index in [1.54, 1.807) is 18.2 Å². The van der Waals surface area contributed by atoms with Crippen LogP contribution in [0.25, 0.3) is 11.3 Å². The zero-order valence-corrected chi connectivity index (χ0v) is 16.5. The van der Waals surface area contributed by atoms with Gasteiger partial charge in [0, 0.05) is 5.56 Å². The molecule has 1 heterocycles. The summed E-state index contributed by atoms with van der Waals surface area (Å²) >= 11 is 0. The lowest BCUT2D eigenvalue weighted by atomic mass is 9.81. The third-order valence-corrected chi connectivity index (χ3v) is 5.90. The SMILES string of the molecule is CCCCc1ccc(-c2ccc(CCC3CCC(C)CC3)nn2)c(F)c1F. The van der Waals surface area contributed by atoms with E-state index >= 15 is 0 Å². The van der Waals surface area contributed by atoms with Crippen molar-refractivity contribution in [2.24, 2.45) is 11.8 Å². The molecule has 0 unspecified atom stereocenters. The highest BCUT2D eigenvalue weighted by Gasteiger charge is 2.19. The third-order valence-electron chi connectivity index (χ3n) is 5.90. The molecule has 4 heteroatoms. The van der Waals surface area contributed by atoms with Crippen LogP contribution < -0.4 is 0 Å². The molecule has 1 fully saturated rings. The maximum Gasteiger partial charge on any atom is 0.168 e. The zero-order chi connectivity index (χ0) is 19.2. The summed E-state index contributed by atoms with van der Waals surface area (Å²) in [6, 6.07) is 6.95. The maximum absolute atomic E-state index is 14.5. The highest BCUT2D eigenvalue weighted by atomic mass is 19.2. The summed E-state index contributed by atoms with van der Waals surface area (Å²) in [5, 5.41) is 8.42. The van der Waals surface area contributed by atoms with Crippen molar-refractivity contribution in [2.75, 3.05) is 0 Å². The van der Waals surface area contributed by atoms with E-state index in [4.69, 9.17) is 0 Å². The molecule has 27 heavy (non-hydrogen) atoms. The van der Waals surface area contributed by atoms with Crippen LogP contribution in [0, 0.1) is 23.5 Å². The fourth-order valence-electron chi connectivity index (χ4n) is 3.95. The van der Waals surface area contributed by atoms with Crippen LogP contribution in [0.4, 0.5) is 8.78 Å². The highest BCUT2D eigenvalue weighted by molar-refractivity contribution is 5.60. The van der Waals surface area contributed by atoms with Gasteiger partial charge in [-0.1, -0.05) is 52.0 Å². The minimum atomic E-state index is -0.818. The van der Waals surface area contributed by atoms with Crippen LogP contribution in [0.5, 0.6) is 0 Å². The van der Waals surface area contributed by atoms with Gasteiger partial charge in [-0.3, -0.25) is 0 Å². The number of hydrogen-bond donors (Lipinski definition) is 0. The second-order valence-electron chi connectivity index (χ2n) is 8.08. The van der Waals surface area contributed by atoms with E-state index in [9.17, 15) is 8.78 Å². The fraction of sp³-hybridized carbons (Fsp3) is 0.565. The average molecular weight is 373 g/mol. The Morgan fingerprint density at radius 1 is 0.926 bits per heavy atom. The van der Waals surface area contributed by atoms with Gasteiger partial charge in [-0.2, -0.15) is 10.2 Å². The van der Waals surface area contributed by atoms with Crippen LogP contribution in [0.2, 0.25) is 0 Å². The van der Waals surface area contributed by atoms with E-state index in [-0.39, 0.29) is 5.56 Å². The van der Waals surface area contributed by atoms with E-state index in [1.165, 1.54) is 25.7 Å². The van der Waals surface area contributed by atoms with Crippen LogP contribution in [0.1, 0.15) is 70.1 Å². The number of hydrogen-bond acceptors (Lipinski definition) is 2. The number of nitrogens with zero attached hydrogens (tertiary/aromatic N) is 2. The number of unbranched alkanes of at least 4 members (excludes halogenated alkanes) is 1. The third kappa shape index (κ3) is 5.12. The molecule has 1 saturated carbocycles. The van der Waals surface area contributed by atoms with Crippen molar-refractivity contribution in [3.8, 4) is 11.3 Å². The molecule has 2 aromatic rings. The van der Waals surface area contributed by atoms with Crippen molar-refractivity contribution in [2.45, 2.75) is 71.6 Å². The Morgan fingerprint density at radius 3 is 2.37 bits per heavy atom. The van der Waals surface area contributed by atoms with E-state index < -0.39 is 11.6 Å². The molecule has 2 nitrogen and oxygen atoms in total. The summed E-state index contributed by atoms with van der Waals surface area (Å²) in [5.74, 6) is 0.0780. The molecule has 0 atom stereocenters. The van der Waals surface area contributed by atoms with E-state index in [1.807, 2.05) is 13.0 Å². The largest absolute Gasteiger partial charge is 0.203 e. The van der Waals surface area contributed by atoms with Gasteiger partial charge < -0.3 is 0 Å². The Hall–Kier alpha value is -1.84. The minimum absolute atomic E-state index is 0.188. The van der Waals surface area contributed by atoms with Crippen LogP contribution >= 0.6 is 0 Å². The summed E-state index contributed by atoms with van der Waals surface area (Å²) in [7, 11) is 0. The topological polar surface area (TPSA) is 25.8 Å². The van der Waals surface area contributed by atoms with Gasteiger partial charge in [0.1, 0.15) is 0 Å². The van der Waals surface area contributed by atoms with Gasteiger partial charge >= 0.3 is 0 Å². The van der Waals surface area contributed by atoms with Gasteiger partial charge in [0.05, 0.1) is 11.4 Å². The molecule has 0 N–H and O–H groups in total. The number of aromatic nitrogens is 2. The lowest BCUT2D eigenvalue weighted by molar-refractivity contribution is 0.277. The summed E-state index contributed by atoms with van der Waals surface area (Å²) in [6.07, 6.45) is 9.67. The minimum Gasteiger partial charge on any atom is -0.203 e. The molecule has 1 aromatic carbocycles. The van der Waals surface area contributed by atoms with E-state index in [0.717, 1.165) is 43.2 Å². The van der Waals surface area contributed by atoms with Crippen LogP contribution in [0.15, 0.2) is 24.3 Å². The first-order valence-electron chi connectivity index (χ1n) is 10.4. The zero-order valence-electron chi connectivity index (χ0n) is 16.5. The molecule has 0 spiro atoms. The second-order valence-corrected chi connectivity index (χ2v) is 8.08. The molecule has 146 valence electrons. The average Bonchev–Trinajstić information content (AvgIpc) is 2.69. The van der Waals surface area contributed by atoms with Gasteiger partial charge in [0.15, 0.2) is 11.6 Å². The van der Waals surface area contributed by atoms with Crippen LogP contribution in [-0.4, -0.2) is 10.2 Å². The molecule has 0 radical (unpaired) electrons. The smallest absolute Gasteiger partial charge is 0.168 e. The maximum atomic E-state index is 14.5. The molecule has 1 aliphatic rings. The quantitative estimate of drug-likeness (QED) is 0.553. The summed E-state index contributed by atoms with van der Waals surface area (Å²) in [4.78, 5) is 0. The monoisotopic (exact) mass is 372 g/mol. The van der Waals surface area contributed by atoms with Crippen molar-refractivity contribution >= 4 is 0 Å². The predicted octanol–water partition coefficient (Wildman–Crippen LogP) is 6.52. The Kier molecular flexibility index (Phi) is 6.92.